The highest BCUT2D eigenvalue weighted by atomic mass is 79.9. The van der Waals surface area contributed by atoms with Gasteiger partial charge in [-0.25, -0.2) is 4.98 Å². The lowest BCUT2D eigenvalue weighted by Gasteiger charge is -2.20. The Morgan fingerprint density at radius 1 is 1.32 bits per heavy atom. The molecule has 0 amide bonds. The Balaban J connectivity index is 2.39. The summed E-state index contributed by atoms with van der Waals surface area (Å²) >= 11 is 3.64. The maximum Gasteiger partial charge on any atom is 0.130 e. The molecule has 1 aromatic heterocycles. The molecule has 0 saturated carbocycles. The van der Waals surface area contributed by atoms with E-state index in [1.54, 1.807) is 0 Å². The zero-order chi connectivity index (χ0) is 13.7. The fourth-order valence-corrected chi connectivity index (χ4v) is 2.70. The lowest BCUT2D eigenvalue weighted by atomic mass is 10.1. The van der Waals surface area contributed by atoms with Crippen LogP contribution in [0.25, 0.3) is 0 Å². The molecule has 0 aliphatic carbocycles. The van der Waals surface area contributed by atoms with Crippen molar-refractivity contribution in [2.24, 2.45) is 0 Å². The molecule has 0 bridgehead atoms. The number of aryl methyl sites for hydroxylation is 1. The third-order valence-corrected chi connectivity index (χ3v) is 3.88. The van der Waals surface area contributed by atoms with Crippen LogP contribution in [0.3, 0.4) is 0 Å². The molecule has 0 saturated heterocycles. The number of imidazole rings is 1. The Morgan fingerprint density at radius 3 is 2.79 bits per heavy atom. The normalized spacial score (nSPS) is 12.6. The number of aromatic nitrogens is 2. The Morgan fingerprint density at radius 2 is 2.11 bits per heavy atom. The summed E-state index contributed by atoms with van der Waals surface area (Å²) in [5, 5.41) is 3.59. The summed E-state index contributed by atoms with van der Waals surface area (Å²) in [6, 6.07) is 8.46. The molecule has 2 rings (SSSR count). The number of halogens is 1. The first-order valence-corrected chi connectivity index (χ1v) is 7.56. The van der Waals surface area contributed by atoms with Crippen LogP contribution < -0.4 is 5.32 Å². The number of hydrogen-bond donors (Lipinski definition) is 1. The summed E-state index contributed by atoms with van der Waals surface area (Å²) in [6.45, 7) is 6.23. The SMILES string of the molecule is CCCNC(c1ccccc1Br)c1nccn1CC. The monoisotopic (exact) mass is 321 g/mol. The largest absolute Gasteiger partial charge is 0.334 e. The van der Waals surface area contributed by atoms with Gasteiger partial charge in [0.15, 0.2) is 0 Å². The molecule has 1 unspecified atom stereocenters. The second-order valence-corrected chi connectivity index (χ2v) is 5.33. The summed E-state index contributed by atoms with van der Waals surface area (Å²) in [5.74, 6) is 1.07. The van der Waals surface area contributed by atoms with Gasteiger partial charge < -0.3 is 9.88 Å². The summed E-state index contributed by atoms with van der Waals surface area (Å²) < 4.78 is 3.31. The van der Waals surface area contributed by atoms with E-state index in [2.05, 4.69) is 62.8 Å². The van der Waals surface area contributed by atoms with E-state index in [1.807, 2.05) is 18.5 Å². The van der Waals surface area contributed by atoms with Gasteiger partial charge >= 0.3 is 0 Å². The van der Waals surface area contributed by atoms with Gasteiger partial charge in [0.05, 0.1) is 6.04 Å². The minimum atomic E-state index is 0.130. The Hall–Kier alpha value is -1.13. The Kier molecular flexibility index (Phi) is 5.16. The third-order valence-electron chi connectivity index (χ3n) is 3.16. The molecule has 0 radical (unpaired) electrons. The maximum atomic E-state index is 4.54. The van der Waals surface area contributed by atoms with Gasteiger partial charge in [0.1, 0.15) is 5.82 Å². The van der Waals surface area contributed by atoms with E-state index in [0.29, 0.717) is 0 Å². The van der Waals surface area contributed by atoms with E-state index < -0.39 is 0 Å². The van der Waals surface area contributed by atoms with Crippen molar-refractivity contribution in [2.45, 2.75) is 32.9 Å². The summed E-state index contributed by atoms with van der Waals surface area (Å²) in [5.41, 5.74) is 1.23. The highest BCUT2D eigenvalue weighted by molar-refractivity contribution is 9.10. The van der Waals surface area contributed by atoms with Crippen molar-refractivity contribution in [2.75, 3.05) is 6.54 Å². The van der Waals surface area contributed by atoms with Gasteiger partial charge in [0, 0.05) is 23.4 Å². The molecule has 0 aliphatic heterocycles. The van der Waals surface area contributed by atoms with Gasteiger partial charge in [-0.15, -0.1) is 0 Å². The van der Waals surface area contributed by atoms with Crippen LogP contribution in [0.1, 0.15) is 37.7 Å². The number of nitrogens with zero attached hydrogens (tertiary/aromatic N) is 2. The van der Waals surface area contributed by atoms with Crippen molar-refractivity contribution in [3.63, 3.8) is 0 Å². The van der Waals surface area contributed by atoms with E-state index in [1.165, 1.54) is 5.56 Å². The number of rotatable bonds is 6. The summed E-state index contributed by atoms with van der Waals surface area (Å²) in [4.78, 5) is 4.54. The predicted octanol–water partition coefficient (Wildman–Crippen LogP) is 3.75. The van der Waals surface area contributed by atoms with Crippen LogP contribution in [-0.2, 0) is 6.54 Å². The second kappa shape index (κ2) is 6.87. The fraction of sp³-hybridized carbons (Fsp3) is 0.400. The minimum absolute atomic E-state index is 0.130. The van der Waals surface area contributed by atoms with Crippen LogP contribution >= 0.6 is 15.9 Å². The van der Waals surface area contributed by atoms with Crippen molar-refractivity contribution < 1.29 is 0 Å². The third kappa shape index (κ3) is 3.25. The molecule has 0 aliphatic rings. The van der Waals surface area contributed by atoms with E-state index in [9.17, 15) is 0 Å². The molecule has 0 fully saturated rings. The van der Waals surface area contributed by atoms with Crippen LogP contribution in [0.5, 0.6) is 0 Å². The van der Waals surface area contributed by atoms with Crippen LogP contribution in [0.4, 0.5) is 0 Å². The van der Waals surface area contributed by atoms with Crippen molar-refractivity contribution in [1.29, 1.82) is 0 Å². The average molecular weight is 322 g/mol. The topological polar surface area (TPSA) is 29.9 Å². The standard InChI is InChI=1S/C15H20BrN3/c1-3-9-17-14(12-7-5-6-8-13(12)16)15-18-10-11-19(15)4-2/h5-8,10-11,14,17H,3-4,9H2,1-2H3. The lowest BCUT2D eigenvalue weighted by Crippen LogP contribution is -2.26. The zero-order valence-electron chi connectivity index (χ0n) is 11.4. The summed E-state index contributed by atoms with van der Waals surface area (Å²) in [7, 11) is 0. The first kappa shape index (κ1) is 14.3. The lowest BCUT2D eigenvalue weighted by molar-refractivity contribution is 0.540. The van der Waals surface area contributed by atoms with Crippen LogP contribution in [-0.4, -0.2) is 16.1 Å². The quantitative estimate of drug-likeness (QED) is 0.878. The first-order chi connectivity index (χ1) is 9.27. The molecule has 102 valence electrons. The van der Waals surface area contributed by atoms with Gasteiger partial charge in [-0.1, -0.05) is 41.1 Å². The molecule has 4 heteroatoms. The smallest absolute Gasteiger partial charge is 0.130 e. The number of hydrogen-bond acceptors (Lipinski definition) is 2. The van der Waals surface area contributed by atoms with E-state index >= 15 is 0 Å². The molecular weight excluding hydrogens is 302 g/mol. The molecule has 3 nitrogen and oxygen atoms in total. The summed E-state index contributed by atoms with van der Waals surface area (Å²) in [6.07, 6.45) is 5.01. The second-order valence-electron chi connectivity index (χ2n) is 4.48. The van der Waals surface area contributed by atoms with Gasteiger partial charge in [-0.2, -0.15) is 0 Å². The van der Waals surface area contributed by atoms with E-state index in [-0.39, 0.29) is 6.04 Å². The van der Waals surface area contributed by atoms with Gasteiger partial charge in [0.2, 0.25) is 0 Å². The van der Waals surface area contributed by atoms with Crippen LogP contribution in [0.15, 0.2) is 41.1 Å². The fourth-order valence-electron chi connectivity index (χ4n) is 2.19. The Bertz CT molecular complexity index is 522. The number of benzene rings is 1. The van der Waals surface area contributed by atoms with Gasteiger partial charge in [0.25, 0.3) is 0 Å². The molecule has 2 aromatic rings. The van der Waals surface area contributed by atoms with Crippen LogP contribution in [0, 0.1) is 0 Å². The van der Waals surface area contributed by atoms with Crippen molar-refractivity contribution in [3.05, 3.63) is 52.5 Å². The molecule has 1 aromatic carbocycles. The minimum Gasteiger partial charge on any atom is -0.334 e. The molecule has 1 N–H and O–H groups in total. The predicted molar refractivity (Wildman–Crippen MR) is 82.2 cm³/mol. The highest BCUT2D eigenvalue weighted by Crippen LogP contribution is 2.27. The van der Waals surface area contributed by atoms with Gasteiger partial charge in [-0.05, 0) is 31.5 Å². The van der Waals surface area contributed by atoms with E-state index in [4.69, 9.17) is 0 Å². The van der Waals surface area contributed by atoms with Crippen LogP contribution in [0.2, 0.25) is 0 Å². The first-order valence-electron chi connectivity index (χ1n) is 6.76. The zero-order valence-corrected chi connectivity index (χ0v) is 13.0. The molecule has 19 heavy (non-hydrogen) atoms. The molecular formula is C15H20BrN3. The molecule has 0 spiro atoms. The van der Waals surface area contributed by atoms with Gasteiger partial charge in [-0.3, -0.25) is 0 Å². The van der Waals surface area contributed by atoms with Crippen molar-refractivity contribution in [3.8, 4) is 0 Å². The maximum absolute atomic E-state index is 4.54. The van der Waals surface area contributed by atoms with E-state index in [0.717, 1.165) is 29.8 Å². The molecule has 1 atom stereocenters. The number of nitrogens with one attached hydrogen (secondary N) is 1. The molecule has 1 heterocycles. The Labute approximate surface area is 123 Å². The van der Waals surface area contributed by atoms with Crippen molar-refractivity contribution >= 4 is 15.9 Å². The average Bonchev–Trinajstić information content (AvgIpc) is 2.89. The van der Waals surface area contributed by atoms with Crippen molar-refractivity contribution in [1.82, 2.24) is 14.9 Å². The highest BCUT2D eigenvalue weighted by Gasteiger charge is 2.19.